The smallest absolute Gasteiger partial charge is 0.160 e. The Labute approximate surface area is 145 Å². The predicted molar refractivity (Wildman–Crippen MR) is 96.8 cm³/mol. The topological polar surface area (TPSA) is 56.8 Å². The molecule has 0 unspecified atom stereocenters. The quantitative estimate of drug-likeness (QED) is 0.526. The van der Waals surface area contributed by atoms with Crippen LogP contribution in [-0.2, 0) is 14.3 Å². The van der Waals surface area contributed by atoms with Crippen LogP contribution in [0.1, 0.15) is 33.6 Å². The molecule has 0 radical (unpaired) electrons. The Hall–Kier alpha value is -1.59. The van der Waals surface area contributed by atoms with Crippen molar-refractivity contribution >= 4 is 11.5 Å². The molecule has 1 aromatic rings. The first-order valence-electron chi connectivity index (χ1n) is 8.78. The van der Waals surface area contributed by atoms with Gasteiger partial charge in [-0.25, -0.2) is 0 Å². The second-order valence-electron chi connectivity index (χ2n) is 5.90. The summed E-state index contributed by atoms with van der Waals surface area (Å²) in [6.07, 6.45) is 1.65. The largest absolute Gasteiger partial charge is 0.494 e. The lowest BCUT2D eigenvalue weighted by molar-refractivity contribution is -0.126. The zero-order valence-corrected chi connectivity index (χ0v) is 15.2. The fraction of sp³-hybridized carbons (Fsp3) is 0.632. The van der Waals surface area contributed by atoms with Crippen molar-refractivity contribution in [2.24, 2.45) is 5.92 Å². The van der Waals surface area contributed by atoms with Gasteiger partial charge >= 0.3 is 0 Å². The third-order valence-corrected chi connectivity index (χ3v) is 3.40. The van der Waals surface area contributed by atoms with Gasteiger partial charge < -0.3 is 19.5 Å². The normalized spacial score (nSPS) is 10.8. The lowest BCUT2D eigenvalue weighted by Gasteiger charge is -2.09. The zero-order chi connectivity index (χ0) is 17.6. The van der Waals surface area contributed by atoms with Gasteiger partial charge in [-0.2, -0.15) is 0 Å². The Morgan fingerprint density at radius 2 is 1.62 bits per heavy atom. The maximum atomic E-state index is 11.3. The van der Waals surface area contributed by atoms with Crippen LogP contribution in [0.4, 0.5) is 5.69 Å². The highest BCUT2D eigenvalue weighted by atomic mass is 16.5. The molecule has 5 nitrogen and oxygen atoms in total. The van der Waals surface area contributed by atoms with Crippen molar-refractivity contribution in [2.45, 2.75) is 33.6 Å². The average Bonchev–Trinajstić information content (AvgIpc) is 2.58. The van der Waals surface area contributed by atoms with E-state index in [9.17, 15) is 4.79 Å². The lowest BCUT2D eigenvalue weighted by Crippen LogP contribution is -2.15. The first-order chi connectivity index (χ1) is 11.6. The van der Waals surface area contributed by atoms with Crippen LogP contribution in [0.3, 0.4) is 0 Å². The summed E-state index contributed by atoms with van der Waals surface area (Å²) in [5.41, 5.74) is 1.10. The third kappa shape index (κ3) is 9.53. The van der Waals surface area contributed by atoms with Crippen LogP contribution >= 0.6 is 0 Å². The first-order valence-corrected chi connectivity index (χ1v) is 8.78. The number of nitrogens with one attached hydrogen (secondary N) is 1. The summed E-state index contributed by atoms with van der Waals surface area (Å²) < 4.78 is 16.5. The molecule has 0 amide bonds. The van der Waals surface area contributed by atoms with Gasteiger partial charge in [0.1, 0.15) is 12.4 Å². The number of benzene rings is 1. The molecular weight excluding hydrogens is 306 g/mol. The van der Waals surface area contributed by atoms with Gasteiger partial charge in [0.2, 0.25) is 0 Å². The summed E-state index contributed by atoms with van der Waals surface area (Å²) in [5, 5.41) is 3.25. The molecule has 0 heterocycles. The molecule has 0 fully saturated rings. The molecule has 136 valence electrons. The number of carbonyl (C=O) groups excluding carboxylic acids is 1. The lowest BCUT2D eigenvalue weighted by atomic mass is 10.1. The minimum Gasteiger partial charge on any atom is -0.494 e. The van der Waals surface area contributed by atoms with E-state index in [4.69, 9.17) is 14.2 Å². The monoisotopic (exact) mass is 337 g/mol. The molecule has 0 saturated carbocycles. The van der Waals surface area contributed by atoms with Gasteiger partial charge in [-0.1, -0.05) is 13.8 Å². The molecular formula is C19H31NO4. The number of anilines is 1. The van der Waals surface area contributed by atoms with Crippen molar-refractivity contribution in [3.63, 3.8) is 0 Å². The van der Waals surface area contributed by atoms with Gasteiger partial charge in [-0.15, -0.1) is 0 Å². The highest BCUT2D eigenvalue weighted by molar-refractivity contribution is 5.81. The fourth-order valence-electron chi connectivity index (χ4n) is 1.93. The molecule has 24 heavy (non-hydrogen) atoms. The third-order valence-electron chi connectivity index (χ3n) is 3.40. The number of ether oxygens (including phenoxy) is 3. The van der Waals surface area contributed by atoms with E-state index in [1.165, 1.54) is 0 Å². The highest BCUT2D eigenvalue weighted by Gasteiger charge is 2.06. The zero-order valence-electron chi connectivity index (χ0n) is 15.2. The molecule has 0 aromatic heterocycles. The Bertz CT molecular complexity index is 445. The van der Waals surface area contributed by atoms with Crippen LogP contribution in [0.5, 0.6) is 5.75 Å². The van der Waals surface area contributed by atoms with Gasteiger partial charge in [0.15, 0.2) is 5.78 Å². The van der Waals surface area contributed by atoms with E-state index in [1.807, 2.05) is 38.1 Å². The molecule has 0 aliphatic rings. The standard InChI is InChI=1S/C19H31NO4/c1-4-20-17-7-9-18(10-8-17)24-14-6-12-22-11-5-13-23-15-19(21)16(2)3/h7-10,16,20H,4-6,11-15H2,1-3H3. The molecule has 0 spiro atoms. The molecule has 1 rings (SSSR count). The molecule has 0 saturated heterocycles. The predicted octanol–water partition coefficient (Wildman–Crippen LogP) is 3.54. The number of ketones is 1. The van der Waals surface area contributed by atoms with Crippen molar-refractivity contribution in [1.82, 2.24) is 0 Å². The second-order valence-corrected chi connectivity index (χ2v) is 5.90. The summed E-state index contributed by atoms with van der Waals surface area (Å²) in [5.74, 6) is 1.06. The summed E-state index contributed by atoms with van der Waals surface area (Å²) in [4.78, 5) is 11.3. The van der Waals surface area contributed by atoms with E-state index in [1.54, 1.807) is 0 Å². The van der Waals surface area contributed by atoms with Crippen LogP contribution in [-0.4, -0.2) is 45.4 Å². The van der Waals surface area contributed by atoms with E-state index in [-0.39, 0.29) is 18.3 Å². The maximum absolute atomic E-state index is 11.3. The summed E-state index contributed by atoms with van der Waals surface area (Å²) in [6.45, 7) is 9.47. The van der Waals surface area contributed by atoms with Crippen LogP contribution < -0.4 is 10.1 Å². The Morgan fingerprint density at radius 3 is 2.25 bits per heavy atom. The molecule has 0 aliphatic heterocycles. The van der Waals surface area contributed by atoms with Gasteiger partial charge in [0.05, 0.1) is 6.61 Å². The maximum Gasteiger partial charge on any atom is 0.160 e. The average molecular weight is 337 g/mol. The van der Waals surface area contributed by atoms with Crippen molar-refractivity contribution in [1.29, 1.82) is 0 Å². The molecule has 0 atom stereocenters. The van der Waals surface area contributed by atoms with Crippen LogP contribution in [0.2, 0.25) is 0 Å². The van der Waals surface area contributed by atoms with Crippen molar-refractivity contribution in [3.05, 3.63) is 24.3 Å². The summed E-state index contributed by atoms with van der Waals surface area (Å²) in [7, 11) is 0. The number of carbonyl (C=O) groups is 1. The second kappa shape index (κ2) is 12.8. The van der Waals surface area contributed by atoms with Crippen molar-refractivity contribution in [3.8, 4) is 5.75 Å². The van der Waals surface area contributed by atoms with Crippen LogP contribution in [0.15, 0.2) is 24.3 Å². The first kappa shape index (κ1) is 20.5. The molecule has 1 N–H and O–H groups in total. The van der Waals surface area contributed by atoms with Gasteiger partial charge in [0, 0.05) is 44.4 Å². The molecule has 0 bridgehead atoms. The van der Waals surface area contributed by atoms with E-state index in [2.05, 4.69) is 12.2 Å². The highest BCUT2D eigenvalue weighted by Crippen LogP contribution is 2.15. The number of rotatable bonds is 14. The van der Waals surface area contributed by atoms with Crippen LogP contribution in [0, 0.1) is 5.92 Å². The Morgan fingerprint density at radius 1 is 1.00 bits per heavy atom. The minimum absolute atomic E-state index is 0.0420. The van der Waals surface area contributed by atoms with Gasteiger partial charge in [-0.3, -0.25) is 4.79 Å². The molecule has 1 aromatic carbocycles. The van der Waals surface area contributed by atoms with Gasteiger partial charge in [-0.05, 0) is 37.6 Å². The molecule has 5 heteroatoms. The van der Waals surface area contributed by atoms with E-state index >= 15 is 0 Å². The van der Waals surface area contributed by atoms with Crippen molar-refractivity contribution in [2.75, 3.05) is 44.9 Å². The Balaban J connectivity index is 1.92. The van der Waals surface area contributed by atoms with E-state index < -0.39 is 0 Å². The van der Waals surface area contributed by atoms with E-state index in [0.717, 1.165) is 30.8 Å². The SMILES string of the molecule is CCNc1ccc(OCCCOCCCOCC(=O)C(C)C)cc1. The summed E-state index contributed by atoms with van der Waals surface area (Å²) >= 11 is 0. The van der Waals surface area contributed by atoms with Crippen LogP contribution in [0.25, 0.3) is 0 Å². The van der Waals surface area contributed by atoms with Crippen molar-refractivity contribution < 1.29 is 19.0 Å². The number of hydrogen-bond donors (Lipinski definition) is 1. The summed E-state index contributed by atoms with van der Waals surface area (Å²) in [6, 6.07) is 7.96. The number of hydrogen-bond acceptors (Lipinski definition) is 5. The van der Waals surface area contributed by atoms with E-state index in [0.29, 0.717) is 26.4 Å². The minimum atomic E-state index is 0.0420. The number of Topliss-reactive ketones (excluding diaryl/α,β-unsaturated/α-hetero) is 1. The van der Waals surface area contributed by atoms with Gasteiger partial charge in [0.25, 0.3) is 0 Å². The Kier molecular flexibility index (Phi) is 10.9. The molecule has 0 aliphatic carbocycles. The fourth-order valence-corrected chi connectivity index (χ4v) is 1.93.